The average Bonchev–Trinajstić information content (AvgIpc) is 2.36. The van der Waals surface area contributed by atoms with Crippen LogP contribution in [0.5, 0.6) is 0 Å². The van der Waals surface area contributed by atoms with Gasteiger partial charge in [-0.05, 0) is 26.1 Å². The summed E-state index contributed by atoms with van der Waals surface area (Å²) in [7, 11) is 1.84. The number of aromatic nitrogens is 2. The molecule has 0 aliphatic heterocycles. The van der Waals surface area contributed by atoms with Gasteiger partial charge in [0, 0.05) is 17.5 Å². The number of hydrogen-bond acceptors (Lipinski definition) is 4. The number of aromatic amines is 1. The fourth-order valence-corrected chi connectivity index (χ4v) is 2.64. The third kappa shape index (κ3) is 4.22. The Bertz CT molecular complexity index is 610. The fraction of sp³-hybridized carbons (Fsp3) is 0.286. The predicted molar refractivity (Wildman–Crippen MR) is 78.4 cm³/mol. The summed E-state index contributed by atoms with van der Waals surface area (Å²) in [4.78, 5) is 19.9. The molecule has 2 aromatic rings. The second kappa shape index (κ2) is 6.54. The van der Waals surface area contributed by atoms with Gasteiger partial charge in [-0.2, -0.15) is 0 Å². The second-order valence-corrected chi connectivity index (χ2v) is 5.37. The third-order valence-corrected chi connectivity index (χ3v) is 3.57. The highest BCUT2D eigenvalue weighted by molar-refractivity contribution is 7.98. The molecule has 0 saturated heterocycles. The van der Waals surface area contributed by atoms with Crippen LogP contribution >= 0.6 is 11.8 Å². The summed E-state index contributed by atoms with van der Waals surface area (Å²) in [6.45, 7) is 2.67. The zero-order chi connectivity index (χ0) is 13.7. The summed E-state index contributed by atoms with van der Waals surface area (Å²) >= 11 is 1.67. The Morgan fingerprint density at radius 2 is 2.21 bits per heavy atom. The average molecular weight is 275 g/mol. The van der Waals surface area contributed by atoms with E-state index in [9.17, 15) is 4.79 Å². The lowest BCUT2D eigenvalue weighted by molar-refractivity contribution is 0.773. The molecule has 0 saturated carbocycles. The Morgan fingerprint density at radius 3 is 2.95 bits per heavy atom. The van der Waals surface area contributed by atoms with Crippen molar-refractivity contribution in [3.05, 3.63) is 57.8 Å². The van der Waals surface area contributed by atoms with Crippen LogP contribution in [0.15, 0.2) is 40.0 Å². The van der Waals surface area contributed by atoms with E-state index in [0.29, 0.717) is 18.1 Å². The molecule has 0 unspecified atom stereocenters. The van der Waals surface area contributed by atoms with Crippen molar-refractivity contribution in [1.82, 2.24) is 15.3 Å². The van der Waals surface area contributed by atoms with Crippen LogP contribution in [-0.2, 0) is 12.3 Å². The van der Waals surface area contributed by atoms with Crippen LogP contribution in [0, 0.1) is 6.92 Å². The number of H-pyrrole nitrogens is 1. The molecular weight excluding hydrogens is 258 g/mol. The Kier molecular flexibility index (Phi) is 4.76. The van der Waals surface area contributed by atoms with Gasteiger partial charge in [0.05, 0.1) is 11.4 Å². The van der Waals surface area contributed by atoms with Gasteiger partial charge in [0.25, 0.3) is 5.56 Å². The summed E-state index contributed by atoms with van der Waals surface area (Å²) in [5.41, 5.74) is 1.90. The van der Waals surface area contributed by atoms with Crippen molar-refractivity contribution in [2.45, 2.75) is 24.1 Å². The van der Waals surface area contributed by atoms with Crippen molar-refractivity contribution < 1.29 is 0 Å². The molecular formula is C14H17N3OS. The summed E-state index contributed by atoms with van der Waals surface area (Å²) in [6.07, 6.45) is 0. The van der Waals surface area contributed by atoms with E-state index in [1.165, 1.54) is 16.5 Å². The lowest BCUT2D eigenvalue weighted by Crippen LogP contribution is -2.16. The van der Waals surface area contributed by atoms with Crippen molar-refractivity contribution in [3.8, 4) is 0 Å². The molecule has 0 aliphatic carbocycles. The molecule has 0 aliphatic rings. The number of nitrogens with one attached hydrogen (secondary N) is 2. The minimum atomic E-state index is -0.0971. The molecule has 1 heterocycles. The van der Waals surface area contributed by atoms with Crippen LogP contribution in [-0.4, -0.2) is 17.0 Å². The number of hydrogen-bond donors (Lipinski definition) is 2. The standard InChI is InChI=1S/C14H17N3OS/c1-10-4-3-5-12(6-10)19-9-13-16-11(8-15-2)7-14(18)17-13/h3-7,15H,8-9H2,1-2H3,(H,16,17,18). The number of thioether (sulfide) groups is 1. The molecule has 2 rings (SSSR count). The lowest BCUT2D eigenvalue weighted by Gasteiger charge is -2.04. The van der Waals surface area contributed by atoms with Gasteiger partial charge in [0.2, 0.25) is 0 Å². The van der Waals surface area contributed by atoms with E-state index >= 15 is 0 Å². The molecule has 0 fully saturated rings. The van der Waals surface area contributed by atoms with Crippen LogP contribution in [0.3, 0.4) is 0 Å². The molecule has 4 nitrogen and oxygen atoms in total. The van der Waals surface area contributed by atoms with E-state index in [2.05, 4.69) is 40.4 Å². The first kappa shape index (κ1) is 13.8. The van der Waals surface area contributed by atoms with Gasteiger partial charge in [-0.15, -0.1) is 11.8 Å². The number of aryl methyl sites for hydroxylation is 1. The Hall–Kier alpha value is -1.59. The maximum atomic E-state index is 11.5. The minimum Gasteiger partial charge on any atom is -0.314 e. The zero-order valence-electron chi connectivity index (χ0n) is 11.1. The summed E-state index contributed by atoms with van der Waals surface area (Å²) in [5, 5.41) is 3.00. The van der Waals surface area contributed by atoms with E-state index in [1.807, 2.05) is 13.1 Å². The van der Waals surface area contributed by atoms with Crippen LogP contribution in [0.1, 0.15) is 17.1 Å². The predicted octanol–water partition coefficient (Wildman–Crippen LogP) is 2.09. The van der Waals surface area contributed by atoms with Crippen LogP contribution < -0.4 is 10.9 Å². The van der Waals surface area contributed by atoms with Gasteiger partial charge in [-0.25, -0.2) is 4.98 Å². The van der Waals surface area contributed by atoms with Crippen molar-refractivity contribution in [1.29, 1.82) is 0 Å². The Balaban J connectivity index is 2.09. The minimum absolute atomic E-state index is 0.0971. The quantitative estimate of drug-likeness (QED) is 0.820. The smallest absolute Gasteiger partial charge is 0.251 e. The lowest BCUT2D eigenvalue weighted by atomic mass is 10.2. The molecule has 0 atom stereocenters. The van der Waals surface area contributed by atoms with E-state index in [-0.39, 0.29) is 5.56 Å². The van der Waals surface area contributed by atoms with Crippen molar-refractivity contribution in [2.75, 3.05) is 7.05 Å². The maximum absolute atomic E-state index is 11.5. The molecule has 19 heavy (non-hydrogen) atoms. The number of benzene rings is 1. The summed E-state index contributed by atoms with van der Waals surface area (Å²) in [5.74, 6) is 1.38. The molecule has 0 bridgehead atoms. The summed E-state index contributed by atoms with van der Waals surface area (Å²) in [6, 6.07) is 9.81. The fourth-order valence-electron chi connectivity index (χ4n) is 1.76. The molecule has 0 amide bonds. The van der Waals surface area contributed by atoms with Crippen molar-refractivity contribution >= 4 is 11.8 Å². The number of rotatable bonds is 5. The highest BCUT2D eigenvalue weighted by atomic mass is 32.2. The summed E-state index contributed by atoms with van der Waals surface area (Å²) < 4.78 is 0. The normalized spacial score (nSPS) is 10.6. The van der Waals surface area contributed by atoms with Gasteiger partial charge >= 0.3 is 0 Å². The van der Waals surface area contributed by atoms with E-state index < -0.39 is 0 Å². The van der Waals surface area contributed by atoms with Gasteiger partial charge in [0.1, 0.15) is 5.82 Å². The van der Waals surface area contributed by atoms with E-state index in [0.717, 1.165) is 5.69 Å². The van der Waals surface area contributed by atoms with Crippen molar-refractivity contribution in [2.24, 2.45) is 0 Å². The second-order valence-electron chi connectivity index (χ2n) is 4.32. The van der Waals surface area contributed by atoms with Gasteiger partial charge < -0.3 is 10.3 Å². The topological polar surface area (TPSA) is 57.8 Å². The molecule has 2 N–H and O–H groups in total. The van der Waals surface area contributed by atoms with Crippen molar-refractivity contribution in [3.63, 3.8) is 0 Å². The Morgan fingerprint density at radius 1 is 1.37 bits per heavy atom. The first-order valence-corrected chi connectivity index (χ1v) is 7.09. The molecule has 100 valence electrons. The third-order valence-electron chi connectivity index (χ3n) is 2.57. The van der Waals surface area contributed by atoms with Crippen LogP contribution in [0.4, 0.5) is 0 Å². The van der Waals surface area contributed by atoms with Crippen LogP contribution in [0.25, 0.3) is 0 Å². The molecule has 0 spiro atoms. The van der Waals surface area contributed by atoms with Gasteiger partial charge in [0.15, 0.2) is 0 Å². The SMILES string of the molecule is CNCc1cc(=O)[nH]c(CSc2cccc(C)c2)n1. The molecule has 1 aromatic heterocycles. The van der Waals surface area contributed by atoms with Crippen LogP contribution in [0.2, 0.25) is 0 Å². The molecule has 1 aromatic carbocycles. The molecule has 0 radical (unpaired) electrons. The first-order chi connectivity index (χ1) is 9.17. The van der Waals surface area contributed by atoms with Gasteiger partial charge in [-0.1, -0.05) is 17.7 Å². The monoisotopic (exact) mass is 275 g/mol. The Labute approximate surface area is 116 Å². The van der Waals surface area contributed by atoms with Gasteiger partial charge in [-0.3, -0.25) is 4.79 Å². The van der Waals surface area contributed by atoms with E-state index in [1.54, 1.807) is 11.8 Å². The number of nitrogens with zero attached hydrogens (tertiary/aromatic N) is 1. The molecule has 5 heteroatoms. The maximum Gasteiger partial charge on any atom is 0.251 e. The van der Waals surface area contributed by atoms with E-state index in [4.69, 9.17) is 0 Å². The largest absolute Gasteiger partial charge is 0.314 e. The highest BCUT2D eigenvalue weighted by Crippen LogP contribution is 2.21. The highest BCUT2D eigenvalue weighted by Gasteiger charge is 2.02. The first-order valence-electron chi connectivity index (χ1n) is 6.10. The zero-order valence-corrected chi connectivity index (χ0v) is 11.9.